The Hall–Kier alpha value is -3.14. The molecule has 9 nitrogen and oxygen atoms in total. The molecule has 0 radical (unpaired) electrons. The number of carbonyl (C=O) groups excluding carboxylic acids is 1. The fourth-order valence-electron chi connectivity index (χ4n) is 2.12. The van der Waals surface area contributed by atoms with Gasteiger partial charge in [0.15, 0.2) is 6.54 Å². The molecule has 0 aliphatic carbocycles. The Balaban J connectivity index is 1.62. The number of thiophene rings is 1. The van der Waals surface area contributed by atoms with Gasteiger partial charge in [0.1, 0.15) is 6.10 Å². The number of benzene rings is 1. The van der Waals surface area contributed by atoms with Gasteiger partial charge in [-0.2, -0.15) is 4.80 Å². The maximum atomic E-state index is 12.0. The minimum absolute atomic E-state index is 0.0565. The van der Waals surface area contributed by atoms with E-state index < -0.39 is 17.0 Å². The molecule has 25 heavy (non-hydrogen) atoms. The Morgan fingerprint density at radius 3 is 2.96 bits per heavy atom. The molecular formula is C15H13N5O4S. The molecule has 3 aromatic rings. The van der Waals surface area contributed by atoms with E-state index in [0.717, 1.165) is 9.67 Å². The molecule has 1 atom stereocenters. The number of nitrogens with zero attached hydrogens (tertiary/aromatic N) is 5. The van der Waals surface area contributed by atoms with Crippen LogP contribution in [0.3, 0.4) is 0 Å². The minimum Gasteiger partial charge on any atom is -0.456 e. The molecule has 1 aromatic carbocycles. The van der Waals surface area contributed by atoms with Gasteiger partial charge >= 0.3 is 5.97 Å². The predicted octanol–water partition coefficient (Wildman–Crippen LogP) is 2.61. The van der Waals surface area contributed by atoms with Gasteiger partial charge in [-0.25, -0.2) is 4.79 Å². The van der Waals surface area contributed by atoms with Crippen LogP contribution in [-0.4, -0.2) is 31.1 Å². The van der Waals surface area contributed by atoms with Crippen molar-refractivity contribution >= 4 is 23.0 Å². The second-order valence-corrected chi connectivity index (χ2v) is 6.05. The summed E-state index contributed by atoms with van der Waals surface area (Å²) < 4.78 is 5.29. The standard InChI is InChI=1S/C15H13N5O4S/c1-10(11-4-2-5-12(8-11)20(22)23)24-14(21)9-19-17-15(16-18-19)13-6-3-7-25-13/h2-8,10H,9H2,1H3/t10-/m1/s1. The molecular weight excluding hydrogens is 346 g/mol. The lowest BCUT2D eigenvalue weighted by atomic mass is 10.1. The van der Waals surface area contributed by atoms with Crippen molar-refractivity contribution in [1.82, 2.24) is 20.2 Å². The number of carbonyl (C=O) groups is 1. The Kier molecular flexibility index (Phi) is 4.80. The van der Waals surface area contributed by atoms with Crippen LogP contribution in [0.1, 0.15) is 18.6 Å². The molecule has 0 aliphatic heterocycles. The van der Waals surface area contributed by atoms with E-state index in [1.165, 1.54) is 23.5 Å². The fourth-order valence-corrected chi connectivity index (χ4v) is 2.77. The summed E-state index contributed by atoms with van der Waals surface area (Å²) >= 11 is 1.47. The highest BCUT2D eigenvalue weighted by Gasteiger charge is 2.16. The van der Waals surface area contributed by atoms with Gasteiger partial charge < -0.3 is 4.74 Å². The van der Waals surface area contributed by atoms with E-state index in [0.29, 0.717) is 11.4 Å². The van der Waals surface area contributed by atoms with Crippen LogP contribution in [0.25, 0.3) is 10.7 Å². The zero-order valence-electron chi connectivity index (χ0n) is 13.1. The van der Waals surface area contributed by atoms with Crippen LogP contribution >= 0.6 is 11.3 Å². The van der Waals surface area contributed by atoms with E-state index in [-0.39, 0.29) is 12.2 Å². The number of nitro benzene ring substituents is 1. The van der Waals surface area contributed by atoms with E-state index >= 15 is 0 Å². The molecule has 0 amide bonds. The van der Waals surface area contributed by atoms with Crippen molar-refractivity contribution in [3.05, 3.63) is 57.5 Å². The van der Waals surface area contributed by atoms with E-state index in [9.17, 15) is 14.9 Å². The molecule has 0 aliphatic rings. The summed E-state index contributed by atoms with van der Waals surface area (Å²) in [6.45, 7) is 1.44. The number of tetrazole rings is 1. The third-order valence-electron chi connectivity index (χ3n) is 3.32. The lowest BCUT2D eigenvalue weighted by Gasteiger charge is -2.13. The van der Waals surface area contributed by atoms with Gasteiger partial charge in [-0.05, 0) is 29.1 Å². The molecule has 0 saturated heterocycles. The maximum absolute atomic E-state index is 12.0. The number of aromatic nitrogens is 4. The van der Waals surface area contributed by atoms with Gasteiger partial charge in [-0.15, -0.1) is 21.5 Å². The Morgan fingerprint density at radius 1 is 1.40 bits per heavy atom. The number of hydrogen-bond acceptors (Lipinski definition) is 8. The van der Waals surface area contributed by atoms with Crippen LogP contribution in [0, 0.1) is 10.1 Å². The van der Waals surface area contributed by atoms with E-state index in [2.05, 4.69) is 15.4 Å². The smallest absolute Gasteiger partial charge is 0.330 e. The van der Waals surface area contributed by atoms with Gasteiger partial charge in [0.25, 0.3) is 5.69 Å². The first-order valence-electron chi connectivity index (χ1n) is 7.28. The van der Waals surface area contributed by atoms with E-state index in [4.69, 9.17) is 4.74 Å². The molecule has 0 bridgehead atoms. The molecule has 0 fully saturated rings. The summed E-state index contributed by atoms with van der Waals surface area (Å²) in [6, 6.07) is 9.69. The van der Waals surface area contributed by atoms with Crippen molar-refractivity contribution in [2.45, 2.75) is 19.6 Å². The van der Waals surface area contributed by atoms with E-state index in [1.807, 2.05) is 17.5 Å². The Labute approximate surface area is 146 Å². The summed E-state index contributed by atoms with van der Waals surface area (Å²) in [6.07, 6.45) is -0.632. The fraction of sp³-hybridized carbons (Fsp3) is 0.200. The average Bonchev–Trinajstić information content (AvgIpc) is 3.26. The van der Waals surface area contributed by atoms with Crippen LogP contribution in [0.5, 0.6) is 0 Å². The number of non-ortho nitro benzene ring substituents is 1. The third-order valence-corrected chi connectivity index (χ3v) is 4.19. The lowest BCUT2D eigenvalue weighted by molar-refractivity contribution is -0.385. The van der Waals surface area contributed by atoms with Crippen LogP contribution in [-0.2, 0) is 16.1 Å². The summed E-state index contributed by atoms with van der Waals surface area (Å²) in [7, 11) is 0. The Bertz CT molecular complexity index is 893. The van der Waals surface area contributed by atoms with Gasteiger partial charge in [0, 0.05) is 12.1 Å². The van der Waals surface area contributed by atoms with Crippen LogP contribution in [0.15, 0.2) is 41.8 Å². The normalized spacial score (nSPS) is 11.9. The van der Waals surface area contributed by atoms with Crippen LogP contribution in [0.4, 0.5) is 5.69 Å². The summed E-state index contributed by atoms with van der Waals surface area (Å²) in [5.74, 6) is -0.122. The second kappa shape index (κ2) is 7.18. The number of rotatable bonds is 6. The highest BCUT2D eigenvalue weighted by molar-refractivity contribution is 7.13. The first-order valence-corrected chi connectivity index (χ1v) is 8.16. The number of nitro groups is 1. The zero-order chi connectivity index (χ0) is 17.8. The first kappa shape index (κ1) is 16.7. The van der Waals surface area contributed by atoms with Crippen molar-refractivity contribution in [3.8, 4) is 10.7 Å². The zero-order valence-corrected chi connectivity index (χ0v) is 13.9. The van der Waals surface area contributed by atoms with Gasteiger partial charge in [0.2, 0.25) is 5.82 Å². The molecule has 2 heterocycles. The molecule has 0 spiro atoms. The van der Waals surface area contributed by atoms with Crippen molar-refractivity contribution in [2.75, 3.05) is 0 Å². The lowest BCUT2D eigenvalue weighted by Crippen LogP contribution is -2.17. The number of ether oxygens (including phenoxy) is 1. The van der Waals surface area contributed by atoms with Crippen LogP contribution in [0.2, 0.25) is 0 Å². The van der Waals surface area contributed by atoms with Crippen molar-refractivity contribution in [3.63, 3.8) is 0 Å². The molecule has 0 saturated carbocycles. The molecule has 10 heteroatoms. The van der Waals surface area contributed by atoms with Crippen molar-refractivity contribution < 1.29 is 14.5 Å². The topological polar surface area (TPSA) is 113 Å². The minimum atomic E-state index is -0.632. The van der Waals surface area contributed by atoms with E-state index in [1.54, 1.807) is 19.1 Å². The molecule has 3 rings (SSSR count). The number of esters is 1. The van der Waals surface area contributed by atoms with Gasteiger partial charge in [0.05, 0.1) is 9.80 Å². The summed E-state index contributed by atoms with van der Waals surface area (Å²) in [5.41, 5.74) is 0.479. The highest BCUT2D eigenvalue weighted by atomic mass is 32.1. The molecule has 2 aromatic heterocycles. The summed E-state index contributed by atoms with van der Waals surface area (Å²) in [5, 5.41) is 24.5. The molecule has 0 unspecified atom stereocenters. The van der Waals surface area contributed by atoms with Crippen molar-refractivity contribution in [1.29, 1.82) is 0 Å². The first-order chi connectivity index (χ1) is 12.0. The maximum Gasteiger partial charge on any atom is 0.330 e. The van der Waals surface area contributed by atoms with Gasteiger partial charge in [-0.3, -0.25) is 10.1 Å². The largest absolute Gasteiger partial charge is 0.456 e. The third kappa shape index (κ3) is 4.04. The SMILES string of the molecule is C[C@@H](OC(=O)Cn1nnc(-c2cccs2)n1)c1cccc([N+](=O)[O-])c1. The quantitative estimate of drug-likeness (QED) is 0.377. The van der Waals surface area contributed by atoms with Crippen molar-refractivity contribution in [2.24, 2.45) is 0 Å². The highest BCUT2D eigenvalue weighted by Crippen LogP contribution is 2.22. The second-order valence-electron chi connectivity index (χ2n) is 5.10. The Morgan fingerprint density at radius 2 is 2.24 bits per heavy atom. The predicted molar refractivity (Wildman–Crippen MR) is 88.7 cm³/mol. The summed E-state index contributed by atoms with van der Waals surface area (Å²) in [4.78, 5) is 24.3. The average molecular weight is 359 g/mol. The molecule has 0 N–H and O–H groups in total. The monoisotopic (exact) mass is 359 g/mol. The van der Waals surface area contributed by atoms with Crippen LogP contribution < -0.4 is 0 Å². The van der Waals surface area contributed by atoms with Gasteiger partial charge in [-0.1, -0.05) is 18.2 Å². The molecule has 128 valence electrons. The number of hydrogen-bond donors (Lipinski definition) is 0.